The van der Waals surface area contributed by atoms with Crippen LogP contribution < -0.4 is 0 Å². The van der Waals surface area contributed by atoms with Crippen molar-refractivity contribution in [2.75, 3.05) is 7.11 Å². The molecule has 0 bridgehead atoms. The number of hydrogen-bond donors (Lipinski definition) is 1. The van der Waals surface area contributed by atoms with E-state index in [1.165, 1.54) is 7.11 Å². The van der Waals surface area contributed by atoms with Gasteiger partial charge in [-0.2, -0.15) is 0 Å². The number of carbonyl (C=O) groups is 1. The zero-order valence-corrected chi connectivity index (χ0v) is 6.61. The Hall–Kier alpha value is -0.450. The van der Waals surface area contributed by atoms with Gasteiger partial charge in [-0.25, -0.2) is 0 Å². The van der Waals surface area contributed by atoms with E-state index in [0.29, 0.717) is 0 Å². The Kier molecular flexibility index (Phi) is 2.59. The van der Waals surface area contributed by atoms with Gasteiger partial charge in [-0.15, -0.1) is 0 Å². The third-order valence-corrected chi connectivity index (χ3v) is 1.77. The van der Waals surface area contributed by atoms with Crippen molar-refractivity contribution in [1.29, 1.82) is 0 Å². The molecule has 1 fully saturated rings. The summed E-state index contributed by atoms with van der Waals surface area (Å²) in [5.41, 5.74) is 0. The van der Waals surface area contributed by atoms with E-state index >= 15 is 0 Å². The zero-order chi connectivity index (χ0) is 8.43. The van der Waals surface area contributed by atoms with Gasteiger partial charge in [-0.05, 0) is 6.92 Å². The predicted octanol–water partition coefficient (Wildman–Crippen LogP) is -0.302. The van der Waals surface area contributed by atoms with Crippen LogP contribution in [0.25, 0.3) is 0 Å². The second kappa shape index (κ2) is 3.30. The lowest BCUT2D eigenvalue weighted by Gasteiger charge is -2.29. The summed E-state index contributed by atoms with van der Waals surface area (Å²) in [5, 5.41) is 9.13. The molecule has 1 heterocycles. The van der Waals surface area contributed by atoms with Gasteiger partial charge in [-0.3, -0.25) is 4.79 Å². The second-order valence-electron chi connectivity index (χ2n) is 2.62. The highest BCUT2D eigenvalue weighted by atomic mass is 16.7. The van der Waals surface area contributed by atoms with E-state index in [2.05, 4.69) is 0 Å². The number of aliphatic hydroxyl groups is 1. The highest BCUT2D eigenvalue weighted by Gasteiger charge is 2.33. The molecule has 0 spiro atoms. The first kappa shape index (κ1) is 8.64. The molecule has 0 amide bonds. The molecule has 3 atom stereocenters. The summed E-state index contributed by atoms with van der Waals surface area (Å²) in [4.78, 5) is 11.0. The van der Waals surface area contributed by atoms with E-state index in [-0.39, 0.29) is 12.2 Å². The van der Waals surface area contributed by atoms with Gasteiger partial charge in [0.05, 0.1) is 12.5 Å². The summed E-state index contributed by atoms with van der Waals surface area (Å²) in [6, 6.07) is 0. The number of ether oxygens (including phenoxy) is 2. The molecule has 1 saturated heterocycles. The topological polar surface area (TPSA) is 55.8 Å². The molecule has 11 heavy (non-hydrogen) atoms. The van der Waals surface area contributed by atoms with E-state index in [0.717, 1.165) is 0 Å². The van der Waals surface area contributed by atoms with E-state index < -0.39 is 18.5 Å². The Bertz CT molecular complexity index is 157. The third kappa shape index (κ3) is 1.77. The van der Waals surface area contributed by atoms with Gasteiger partial charge in [0.25, 0.3) is 0 Å². The van der Waals surface area contributed by atoms with Gasteiger partial charge in [0.1, 0.15) is 6.10 Å². The molecule has 1 N–H and O–H groups in total. The minimum absolute atomic E-state index is 0.141. The minimum atomic E-state index is -0.985. The van der Waals surface area contributed by atoms with Crippen molar-refractivity contribution < 1.29 is 19.4 Å². The normalized spacial score (nSPS) is 39.2. The minimum Gasteiger partial charge on any atom is -0.383 e. The zero-order valence-electron chi connectivity index (χ0n) is 6.61. The van der Waals surface area contributed by atoms with Crippen LogP contribution in [0.4, 0.5) is 0 Å². The van der Waals surface area contributed by atoms with Gasteiger partial charge in [-0.1, -0.05) is 0 Å². The molecule has 1 aliphatic heterocycles. The maximum atomic E-state index is 11.0. The Morgan fingerprint density at radius 3 is 2.82 bits per heavy atom. The molecular weight excluding hydrogens is 148 g/mol. The summed E-state index contributed by atoms with van der Waals surface area (Å²) in [7, 11) is 1.47. The van der Waals surface area contributed by atoms with Crippen molar-refractivity contribution in [2.45, 2.75) is 31.8 Å². The molecule has 1 aliphatic rings. The number of carbonyl (C=O) groups excluding carboxylic acids is 1. The second-order valence-corrected chi connectivity index (χ2v) is 2.62. The molecule has 0 aromatic carbocycles. The lowest BCUT2D eigenvalue weighted by Crippen LogP contribution is -2.44. The Balaban J connectivity index is 2.54. The molecule has 0 aliphatic carbocycles. The van der Waals surface area contributed by atoms with Crippen LogP contribution in [0.2, 0.25) is 0 Å². The third-order valence-electron chi connectivity index (χ3n) is 1.77. The van der Waals surface area contributed by atoms with Gasteiger partial charge < -0.3 is 14.6 Å². The SMILES string of the molecule is CO[C@@H]1CC(=O)[C@@H](O)[C@H](C)O1. The van der Waals surface area contributed by atoms with Crippen LogP contribution in [0.15, 0.2) is 0 Å². The number of methoxy groups -OCH3 is 1. The summed E-state index contributed by atoms with van der Waals surface area (Å²) in [6.07, 6.45) is -1.79. The lowest BCUT2D eigenvalue weighted by atomic mass is 10.0. The first-order valence-electron chi connectivity index (χ1n) is 3.54. The fraction of sp³-hybridized carbons (Fsp3) is 0.857. The van der Waals surface area contributed by atoms with E-state index in [4.69, 9.17) is 14.6 Å². The van der Waals surface area contributed by atoms with Crippen molar-refractivity contribution in [3.63, 3.8) is 0 Å². The Morgan fingerprint density at radius 1 is 1.73 bits per heavy atom. The molecule has 0 saturated carbocycles. The fourth-order valence-corrected chi connectivity index (χ4v) is 1.05. The maximum Gasteiger partial charge on any atom is 0.168 e. The number of aliphatic hydroxyl groups excluding tert-OH is 1. The number of Topliss-reactive ketones (excluding diaryl/α,β-unsaturated/α-hetero) is 1. The van der Waals surface area contributed by atoms with Crippen molar-refractivity contribution in [2.24, 2.45) is 0 Å². The van der Waals surface area contributed by atoms with Gasteiger partial charge in [0, 0.05) is 7.11 Å². The number of ketones is 1. The molecule has 4 nitrogen and oxygen atoms in total. The molecule has 4 heteroatoms. The Labute approximate surface area is 65.1 Å². The largest absolute Gasteiger partial charge is 0.383 e. The highest BCUT2D eigenvalue weighted by Crippen LogP contribution is 2.16. The molecular formula is C7H12O4. The van der Waals surface area contributed by atoms with E-state index in [9.17, 15) is 4.79 Å². The quantitative estimate of drug-likeness (QED) is 0.572. The standard InChI is InChI=1S/C7H12O4/c1-4-7(9)5(8)3-6(10-2)11-4/h4,6-7,9H,3H2,1-2H3/t4-,6-,7-/m0/s1. The summed E-state index contributed by atoms with van der Waals surface area (Å²) < 4.78 is 9.95. The van der Waals surface area contributed by atoms with Crippen molar-refractivity contribution in [3.05, 3.63) is 0 Å². The summed E-state index contributed by atoms with van der Waals surface area (Å²) in [6.45, 7) is 1.65. The summed E-state index contributed by atoms with van der Waals surface area (Å²) in [5.74, 6) is -0.212. The summed E-state index contributed by atoms with van der Waals surface area (Å²) >= 11 is 0. The molecule has 1 rings (SSSR count). The van der Waals surface area contributed by atoms with Gasteiger partial charge >= 0.3 is 0 Å². The van der Waals surface area contributed by atoms with E-state index in [1.807, 2.05) is 0 Å². The first-order chi connectivity index (χ1) is 5.15. The van der Waals surface area contributed by atoms with Crippen LogP contribution in [0.1, 0.15) is 13.3 Å². The highest BCUT2D eigenvalue weighted by molar-refractivity contribution is 5.84. The predicted molar refractivity (Wildman–Crippen MR) is 37.0 cm³/mol. The van der Waals surface area contributed by atoms with Crippen molar-refractivity contribution >= 4 is 5.78 Å². The van der Waals surface area contributed by atoms with Crippen LogP contribution in [0.5, 0.6) is 0 Å². The van der Waals surface area contributed by atoms with Crippen molar-refractivity contribution in [1.82, 2.24) is 0 Å². The van der Waals surface area contributed by atoms with Crippen LogP contribution in [-0.2, 0) is 14.3 Å². The number of hydrogen-bond acceptors (Lipinski definition) is 4. The van der Waals surface area contributed by atoms with E-state index in [1.54, 1.807) is 6.92 Å². The van der Waals surface area contributed by atoms with Crippen LogP contribution >= 0.6 is 0 Å². The molecule has 0 radical (unpaired) electrons. The van der Waals surface area contributed by atoms with Crippen LogP contribution in [0, 0.1) is 0 Å². The first-order valence-corrected chi connectivity index (χ1v) is 3.54. The molecule has 64 valence electrons. The van der Waals surface area contributed by atoms with Gasteiger partial charge in [0.2, 0.25) is 0 Å². The maximum absolute atomic E-state index is 11.0. The van der Waals surface area contributed by atoms with Crippen LogP contribution in [-0.4, -0.2) is 36.5 Å². The molecule has 0 unspecified atom stereocenters. The molecule has 0 aromatic heterocycles. The average molecular weight is 160 g/mol. The lowest BCUT2D eigenvalue weighted by molar-refractivity contribution is -0.204. The average Bonchev–Trinajstić information content (AvgIpc) is 1.99. The van der Waals surface area contributed by atoms with Crippen LogP contribution in [0.3, 0.4) is 0 Å². The molecule has 0 aromatic rings. The number of rotatable bonds is 1. The van der Waals surface area contributed by atoms with Gasteiger partial charge in [0.15, 0.2) is 12.1 Å². The fourth-order valence-electron chi connectivity index (χ4n) is 1.05. The monoisotopic (exact) mass is 160 g/mol. The Morgan fingerprint density at radius 2 is 2.36 bits per heavy atom. The van der Waals surface area contributed by atoms with Crippen molar-refractivity contribution in [3.8, 4) is 0 Å². The smallest absolute Gasteiger partial charge is 0.168 e.